The minimum atomic E-state index is -2.77. The number of hydrogen-bond donors (Lipinski definition) is 1. The molecule has 1 heterocycles. The van der Waals surface area contributed by atoms with Gasteiger partial charge in [-0.3, -0.25) is 0 Å². The van der Waals surface area contributed by atoms with Crippen molar-refractivity contribution in [2.24, 2.45) is 0 Å². The van der Waals surface area contributed by atoms with Gasteiger partial charge in [0.25, 0.3) is 0 Å². The Labute approximate surface area is 68.1 Å². The summed E-state index contributed by atoms with van der Waals surface area (Å²) in [6.45, 7) is 2.67. The van der Waals surface area contributed by atoms with Crippen LogP contribution in [0.3, 0.4) is 0 Å². The SMILES string of the molecule is CCS(=O)(=O)C[C@@H]1CCCN1. The molecule has 66 valence electrons. The molecule has 0 aromatic heterocycles. The predicted octanol–water partition coefficient (Wildman–Crippen LogP) is 0.173. The summed E-state index contributed by atoms with van der Waals surface area (Å²) >= 11 is 0. The largest absolute Gasteiger partial charge is 0.313 e. The Morgan fingerprint density at radius 3 is 2.73 bits per heavy atom. The number of rotatable bonds is 3. The lowest BCUT2D eigenvalue weighted by Gasteiger charge is -2.08. The Kier molecular flexibility index (Phi) is 2.90. The van der Waals surface area contributed by atoms with Crippen molar-refractivity contribution in [3.63, 3.8) is 0 Å². The number of hydrogen-bond acceptors (Lipinski definition) is 3. The minimum Gasteiger partial charge on any atom is -0.313 e. The van der Waals surface area contributed by atoms with Gasteiger partial charge in [0.1, 0.15) is 0 Å². The molecule has 1 aliphatic rings. The average Bonchev–Trinajstić information content (AvgIpc) is 2.39. The smallest absolute Gasteiger partial charge is 0.151 e. The van der Waals surface area contributed by atoms with E-state index in [-0.39, 0.29) is 11.8 Å². The van der Waals surface area contributed by atoms with Crippen LogP contribution in [0.1, 0.15) is 19.8 Å². The van der Waals surface area contributed by atoms with E-state index in [1.54, 1.807) is 6.92 Å². The van der Waals surface area contributed by atoms with Crippen LogP contribution in [0.25, 0.3) is 0 Å². The number of nitrogens with one attached hydrogen (secondary N) is 1. The highest BCUT2D eigenvalue weighted by Crippen LogP contribution is 2.07. The van der Waals surface area contributed by atoms with Gasteiger partial charge in [0.15, 0.2) is 9.84 Å². The second kappa shape index (κ2) is 3.54. The molecule has 0 spiro atoms. The maximum atomic E-state index is 11.1. The van der Waals surface area contributed by atoms with Crippen LogP contribution in [0.5, 0.6) is 0 Å². The Bertz CT molecular complexity index is 204. The zero-order chi connectivity index (χ0) is 8.32. The minimum absolute atomic E-state index is 0.222. The summed E-state index contributed by atoms with van der Waals surface area (Å²) in [6.07, 6.45) is 2.13. The molecule has 0 amide bonds. The average molecular weight is 177 g/mol. The molecule has 0 aromatic carbocycles. The first-order chi connectivity index (χ1) is 5.14. The summed E-state index contributed by atoms with van der Waals surface area (Å²) in [4.78, 5) is 0. The second-order valence-electron chi connectivity index (χ2n) is 2.99. The van der Waals surface area contributed by atoms with Crippen LogP contribution in [0.4, 0.5) is 0 Å². The van der Waals surface area contributed by atoms with E-state index in [0.29, 0.717) is 5.75 Å². The van der Waals surface area contributed by atoms with E-state index in [4.69, 9.17) is 0 Å². The lowest BCUT2D eigenvalue weighted by atomic mass is 10.3. The van der Waals surface area contributed by atoms with Crippen LogP contribution in [0.2, 0.25) is 0 Å². The van der Waals surface area contributed by atoms with E-state index in [1.807, 2.05) is 0 Å². The molecule has 1 N–H and O–H groups in total. The molecule has 0 radical (unpaired) electrons. The van der Waals surface area contributed by atoms with Gasteiger partial charge < -0.3 is 5.32 Å². The van der Waals surface area contributed by atoms with Gasteiger partial charge in [0, 0.05) is 11.8 Å². The van der Waals surface area contributed by atoms with Gasteiger partial charge in [-0.15, -0.1) is 0 Å². The molecule has 3 nitrogen and oxygen atoms in total. The van der Waals surface area contributed by atoms with Crippen molar-refractivity contribution < 1.29 is 8.42 Å². The van der Waals surface area contributed by atoms with E-state index in [1.165, 1.54) is 0 Å². The van der Waals surface area contributed by atoms with Crippen molar-refractivity contribution in [1.29, 1.82) is 0 Å². The van der Waals surface area contributed by atoms with Crippen molar-refractivity contribution >= 4 is 9.84 Å². The third-order valence-electron chi connectivity index (χ3n) is 2.06. The second-order valence-corrected chi connectivity index (χ2v) is 5.39. The molecule has 0 aliphatic carbocycles. The summed E-state index contributed by atoms with van der Waals surface area (Å²) in [5, 5.41) is 3.17. The zero-order valence-electron chi connectivity index (χ0n) is 6.84. The lowest BCUT2D eigenvalue weighted by Crippen LogP contribution is -2.30. The van der Waals surface area contributed by atoms with Crippen molar-refractivity contribution in [1.82, 2.24) is 5.32 Å². The highest BCUT2D eigenvalue weighted by atomic mass is 32.2. The highest BCUT2D eigenvalue weighted by molar-refractivity contribution is 7.91. The van der Waals surface area contributed by atoms with Crippen LogP contribution in [0.15, 0.2) is 0 Å². The van der Waals surface area contributed by atoms with Crippen molar-refractivity contribution in [2.75, 3.05) is 18.1 Å². The molecule has 0 saturated carbocycles. The molecule has 1 atom stereocenters. The summed E-state index contributed by atoms with van der Waals surface area (Å²) in [5.74, 6) is 0.592. The molecule has 0 bridgehead atoms. The molecular formula is C7H15NO2S. The van der Waals surface area contributed by atoms with Gasteiger partial charge >= 0.3 is 0 Å². The topological polar surface area (TPSA) is 46.2 Å². The molecule has 11 heavy (non-hydrogen) atoms. The molecule has 1 rings (SSSR count). The molecule has 1 aliphatic heterocycles. The quantitative estimate of drug-likeness (QED) is 0.668. The van der Waals surface area contributed by atoms with Gasteiger partial charge in [0.2, 0.25) is 0 Å². The molecule has 0 aromatic rings. The van der Waals surface area contributed by atoms with Crippen molar-refractivity contribution in [3.05, 3.63) is 0 Å². The number of sulfone groups is 1. The standard InChI is InChI=1S/C7H15NO2S/c1-2-11(9,10)6-7-4-3-5-8-7/h7-8H,2-6H2,1H3/t7-/m0/s1. The summed E-state index contributed by atoms with van der Waals surface area (Å²) in [7, 11) is -2.77. The summed E-state index contributed by atoms with van der Waals surface area (Å²) in [5.41, 5.74) is 0. The molecule has 1 saturated heterocycles. The first-order valence-corrected chi connectivity index (χ1v) is 5.90. The maximum absolute atomic E-state index is 11.1. The molecule has 4 heteroatoms. The summed E-state index contributed by atoms with van der Waals surface area (Å²) < 4.78 is 22.2. The fraction of sp³-hybridized carbons (Fsp3) is 1.00. The summed E-state index contributed by atoms with van der Waals surface area (Å²) in [6, 6.07) is 0.222. The van der Waals surface area contributed by atoms with Crippen LogP contribution in [-0.2, 0) is 9.84 Å². The van der Waals surface area contributed by atoms with Gasteiger partial charge in [-0.05, 0) is 19.4 Å². The van der Waals surface area contributed by atoms with Crippen LogP contribution in [-0.4, -0.2) is 32.5 Å². The van der Waals surface area contributed by atoms with E-state index in [0.717, 1.165) is 19.4 Å². The van der Waals surface area contributed by atoms with Crippen molar-refractivity contribution in [3.8, 4) is 0 Å². The van der Waals surface area contributed by atoms with Crippen LogP contribution in [0, 0.1) is 0 Å². The monoisotopic (exact) mass is 177 g/mol. The van der Waals surface area contributed by atoms with Gasteiger partial charge in [-0.25, -0.2) is 8.42 Å². The maximum Gasteiger partial charge on any atom is 0.151 e. The highest BCUT2D eigenvalue weighted by Gasteiger charge is 2.20. The van der Waals surface area contributed by atoms with Crippen LogP contribution < -0.4 is 5.32 Å². The molecular weight excluding hydrogens is 162 g/mol. The van der Waals surface area contributed by atoms with E-state index in [2.05, 4.69) is 5.32 Å². The Morgan fingerprint density at radius 1 is 1.55 bits per heavy atom. The van der Waals surface area contributed by atoms with E-state index < -0.39 is 9.84 Å². The zero-order valence-corrected chi connectivity index (χ0v) is 7.65. The van der Waals surface area contributed by atoms with Gasteiger partial charge in [0.05, 0.1) is 5.75 Å². The first-order valence-electron chi connectivity index (χ1n) is 4.08. The lowest BCUT2D eigenvalue weighted by molar-refractivity contribution is 0.578. The third kappa shape index (κ3) is 2.79. The molecule has 0 unspecified atom stereocenters. The normalized spacial score (nSPS) is 25.7. The Morgan fingerprint density at radius 2 is 2.27 bits per heavy atom. The van der Waals surface area contributed by atoms with E-state index >= 15 is 0 Å². The Hall–Kier alpha value is -0.0900. The predicted molar refractivity (Wildman–Crippen MR) is 45.4 cm³/mol. The Balaban J connectivity index is 2.41. The molecule has 1 fully saturated rings. The van der Waals surface area contributed by atoms with E-state index in [9.17, 15) is 8.42 Å². The van der Waals surface area contributed by atoms with Crippen LogP contribution >= 0.6 is 0 Å². The van der Waals surface area contributed by atoms with Gasteiger partial charge in [-0.2, -0.15) is 0 Å². The van der Waals surface area contributed by atoms with Gasteiger partial charge in [-0.1, -0.05) is 6.92 Å². The van der Waals surface area contributed by atoms with Crippen molar-refractivity contribution in [2.45, 2.75) is 25.8 Å². The first kappa shape index (κ1) is 9.00. The third-order valence-corrected chi connectivity index (χ3v) is 3.85. The fourth-order valence-electron chi connectivity index (χ4n) is 1.32. The fourth-order valence-corrected chi connectivity index (χ4v) is 2.46.